The predicted molar refractivity (Wildman–Crippen MR) is 67.6 cm³/mol. The maximum atomic E-state index is 14.3. The Kier molecular flexibility index (Phi) is 3.55. The van der Waals surface area contributed by atoms with Crippen LogP contribution in [0.1, 0.15) is 53.4 Å². The zero-order valence-corrected chi connectivity index (χ0v) is 11.9. The van der Waals surface area contributed by atoms with E-state index in [1.165, 1.54) is 0 Å². The molecule has 0 unspecified atom stereocenters. The quantitative estimate of drug-likeness (QED) is 0.672. The molecule has 1 aliphatic carbocycles. The van der Waals surface area contributed by atoms with Crippen molar-refractivity contribution in [1.29, 1.82) is 0 Å². The summed E-state index contributed by atoms with van der Waals surface area (Å²) in [5, 5.41) is 0. The molecule has 0 bridgehead atoms. The maximum absolute atomic E-state index is 14.3. The monoisotopic (exact) mass is 276 g/mol. The summed E-state index contributed by atoms with van der Waals surface area (Å²) in [6.07, 6.45) is -0.448. The SMILES string of the molecule is CC1(C)OB(C(F)=C2CCC(F)(F)CC2)OC1(C)C. The van der Waals surface area contributed by atoms with E-state index in [1.807, 2.05) is 27.7 Å². The van der Waals surface area contributed by atoms with Gasteiger partial charge in [-0.05, 0) is 46.1 Å². The van der Waals surface area contributed by atoms with Gasteiger partial charge in [-0.25, -0.2) is 13.2 Å². The van der Waals surface area contributed by atoms with E-state index in [9.17, 15) is 13.2 Å². The molecule has 0 radical (unpaired) electrons. The number of allylic oxidation sites excluding steroid dienone is 1. The first-order valence-electron chi connectivity index (χ1n) is 6.65. The standard InChI is InChI=1S/C13H20BF3O2/c1-11(2)12(3,4)19-14(18-11)10(15)9-5-7-13(16,17)8-6-9/h5-8H2,1-4H3. The third-order valence-electron chi connectivity index (χ3n) is 4.38. The van der Waals surface area contributed by atoms with Crippen LogP contribution < -0.4 is 0 Å². The van der Waals surface area contributed by atoms with Crippen molar-refractivity contribution in [2.24, 2.45) is 0 Å². The van der Waals surface area contributed by atoms with Crippen molar-refractivity contribution < 1.29 is 22.5 Å². The van der Waals surface area contributed by atoms with E-state index in [-0.39, 0.29) is 25.7 Å². The van der Waals surface area contributed by atoms with Gasteiger partial charge in [0, 0.05) is 12.8 Å². The average Bonchev–Trinajstić information content (AvgIpc) is 2.47. The maximum Gasteiger partial charge on any atom is 0.525 e. The largest absolute Gasteiger partial charge is 0.525 e. The molecular weight excluding hydrogens is 256 g/mol. The van der Waals surface area contributed by atoms with Crippen molar-refractivity contribution in [1.82, 2.24) is 0 Å². The average molecular weight is 276 g/mol. The molecule has 2 nitrogen and oxygen atoms in total. The van der Waals surface area contributed by atoms with Crippen LogP contribution in [0.3, 0.4) is 0 Å². The summed E-state index contributed by atoms with van der Waals surface area (Å²) in [4.78, 5) is 0. The van der Waals surface area contributed by atoms with Crippen LogP contribution in [0.5, 0.6) is 0 Å². The van der Waals surface area contributed by atoms with Gasteiger partial charge in [0.05, 0.1) is 11.2 Å². The van der Waals surface area contributed by atoms with Gasteiger partial charge in [0.15, 0.2) is 0 Å². The van der Waals surface area contributed by atoms with Gasteiger partial charge >= 0.3 is 7.12 Å². The fourth-order valence-electron chi connectivity index (χ4n) is 2.27. The second kappa shape index (κ2) is 4.52. The molecular formula is C13H20BF3O2. The second-order valence-corrected chi connectivity index (χ2v) is 6.40. The number of alkyl halides is 2. The molecule has 2 fully saturated rings. The molecule has 2 aliphatic rings. The number of halogens is 3. The van der Waals surface area contributed by atoms with Crippen molar-refractivity contribution >= 4 is 7.12 Å². The smallest absolute Gasteiger partial charge is 0.398 e. The van der Waals surface area contributed by atoms with Crippen LogP contribution in [0.15, 0.2) is 11.3 Å². The minimum Gasteiger partial charge on any atom is -0.398 e. The lowest BCUT2D eigenvalue weighted by atomic mass is 9.79. The summed E-state index contributed by atoms with van der Waals surface area (Å²) >= 11 is 0. The highest BCUT2D eigenvalue weighted by atomic mass is 19.3. The van der Waals surface area contributed by atoms with E-state index < -0.39 is 30.0 Å². The first-order chi connectivity index (χ1) is 8.54. The molecule has 0 atom stereocenters. The molecule has 1 heterocycles. The van der Waals surface area contributed by atoms with Crippen LogP contribution in [-0.4, -0.2) is 24.2 Å². The molecule has 0 amide bonds. The molecule has 108 valence electrons. The topological polar surface area (TPSA) is 18.5 Å². The van der Waals surface area contributed by atoms with Crippen molar-refractivity contribution in [3.05, 3.63) is 11.3 Å². The summed E-state index contributed by atoms with van der Waals surface area (Å²) in [6, 6.07) is 0. The van der Waals surface area contributed by atoms with Gasteiger partial charge in [-0.3, -0.25) is 0 Å². The van der Waals surface area contributed by atoms with Crippen LogP contribution in [-0.2, 0) is 9.31 Å². The van der Waals surface area contributed by atoms with Crippen molar-refractivity contribution in [2.45, 2.75) is 70.5 Å². The molecule has 1 saturated carbocycles. The number of hydrogen-bond donors (Lipinski definition) is 0. The highest BCUT2D eigenvalue weighted by molar-refractivity contribution is 6.53. The molecule has 0 spiro atoms. The molecule has 0 aromatic carbocycles. The van der Waals surface area contributed by atoms with Gasteiger partial charge in [0.25, 0.3) is 0 Å². The van der Waals surface area contributed by atoms with Crippen LogP contribution in [0.2, 0.25) is 0 Å². The highest BCUT2D eigenvalue weighted by Crippen LogP contribution is 2.42. The van der Waals surface area contributed by atoms with E-state index in [0.29, 0.717) is 5.57 Å². The van der Waals surface area contributed by atoms with E-state index in [4.69, 9.17) is 9.31 Å². The minimum atomic E-state index is -2.67. The molecule has 1 aliphatic heterocycles. The zero-order valence-electron chi connectivity index (χ0n) is 11.9. The van der Waals surface area contributed by atoms with Crippen LogP contribution in [0.4, 0.5) is 13.2 Å². The summed E-state index contributed by atoms with van der Waals surface area (Å²) < 4.78 is 51.6. The summed E-state index contributed by atoms with van der Waals surface area (Å²) in [5.41, 5.74) is -1.35. The number of rotatable bonds is 1. The summed E-state index contributed by atoms with van der Waals surface area (Å²) in [7, 11) is -1.06. The lowest BCUT2D eigenvalue weighted by Gasteiger charge is -2.32. The molecule has 0 aromatic heterocycles. The summed E-state index contributed by atoms with van der Waals surface area (Å²) in [6.45, 7) is 7.33. The minimum absolute atomic E-state index is 0.0723. The van der Waals surface area contributed by atoms with E-state index in [0.717, 1.165) is 0 Å². The van der Waals surface area contributed by atoms with Gasteiger partial charge in [0.1, 0.15) is 5.73 Å². The Morgan fingerprint density at radius 2 is 1.42 bits per heavy atom. The Morgan fingerprint density at radius 3 is 1.84 bits per heavy atom. The highest BCUT2D eigenvalue weighted by Gasteiger charge is 2.53. The van der Waals surface area contributed by atoms with Gasteiger partial charge in [-0.2, -0.15) is 0 Å². The Morgan fingerprint density at radius 1 is 1.00 bits per heavy atom. The third kappa shape index (κ3) is 2.84. The fourth-order valence-corrected chi connectivity index (χ4v) is 2.27. The predicted octanol–water partition coefficient (Wildman–Crippen LogP) is 4.05. The van der Waals surface area contributed by atoms with E-state index >= 15 is 0 Å². The third-order valence-corrected chi connectivity index (χ3v) is 4.38. The van der Waals surface area contributed by atoms with Crippen LogP contribution in [0.25, 0.3) is 0 Å². The van der Waals surface area contributed by atoms with Gasteiger partial charge in [0.2, 0.25) is 5.92 Å². The molecule has 0 aromatic rings. The first kappa shape index (κ1) is 14.9. The molecule has 0 N–H and O–H groups in total. The van der Waals surface area contributed by atoms with Crippen LogP contribution >= 0.6 is 0 Å². The Labute approximate surface area is 112 Å². The van der Waals surface area contributed by atoms with Crippen molar-refractivity contribution in [3.8, 4) is 0 Å². The van der Waals surface area contributed by atoms with Crippen molar-refractivity contribution in [3.63, 3.8) is 0 Å². The van der Waals surface area contributed by atoms with Crippen LogP contribution in [0, 0.1) is 0 Å². The summed E-state index contributed by atoms with van der Waals surface area (Å²) in [5.74, 6) is -2.67. The Hall–Kier alpha value is -0.485. The van der Waals surface area contributed by atoms with E-state index in [2.05, 4.69) is 0 Å². The number of hydrogen-bond acceptors (Lipinski definition) is 2. The lowest BCUT2D eigenvalue weighted by Crippen LogP contribution is -2.41. The van der Waals surface area contributed by atoms with Gasteiger partial charge in [-0.1, -0.05) is 0 Å². The normalized spacial score (nSPS) is 28.6. The van der Waals surface area contributed by atoms with Gasteiger partial charge in [-0.15, -0.1) is 0 Å². The molecule has 1 saturated heterocycles. The fraction of sp³-hybridized carbons (Fsp3) is 0.846. The van der Waals surface area contributed by atoms with Crippen molar-refractivity contribution in [2.75, 3.05) is 0 Å². The molecule has 19 heavy (non-hydrogen) atoms. The van der Waals surface area contributed by atoms with E-state index in [1.54, 1.807) is 0 Å². The zero-order chi connectivity index (χ0) is 14.5. The second-order valence-electron chi connectivity index (χ2n) is 6.40. The molecule has 2 rings (SSSR count). The molecule has 6 heteroatoms. The first-order valence-corrected chi connectivity index (χ1v) is 6.65. The Balaban J connectivity index is 2.12. The Bertz CT molecular complexity index is 377. The lowest BCUT2D eigenvalue weighted by molar-refractivity contribution is -0.0250. The van der Waals surface area contributed by atoms with Gasteiger partial charge < -0.3 is 9.31 Å².